The lowest BCUT2D eigenvalue weighted by atomic mass is 9.92. The molecule has 33 heavy (non-hydrogen) atoms. The molecule has 200 valence electrons. The minimum Gasteiger partial charge on any atom is -0.315 e. The van der Waals surface area contributed by atoms with Gasteiger partial charge in [-0.05, 0) is 0 Å². The van der Waals surface area contributed by atoms with Gasteiger partial charge < -0.3 is 18.9 Å². The fourth-order valence-corrected chi connectivity index (χ4v) is 1.50. The van der Waals surface area contributed by atoms with Crippen molar-refractivity contribution in [2.75, 3.05) is 26.4 Å². The van der Waals surface area contributed by atoms with Gasteiger partial charge in [0.1, 0.15) is 0 Å². The molecular weight excluding hydrogens is 524 g/mol. The lowest BCUT2D eigenvalue weighted by Crippen LogP contribution is -2.50. The third-order valence-electron chi connectivity index (χ3n) is 3.30. The van der Waals surface area contributed by atoms with Gasteiger partial charge in [0.15, 0.2) is 0 Å². The normalized spacial score (nSPS) is 14.9. The highest BCUT2D eigenvalue weighted by atomic mass is 19.3. The lowest BCUT2D eigenvalue weighted by molar-refractivity contribution is -0.364. The molecule has 0 bridgehead atoms. The van der Waals surface area contributed by atoms with Crippen LogP contribution in [0.4, 0.5) is 70.2 Å². The van der Waals surface area contributed by atoms with Crippen LogP contribution in [0.5, 0.6) is 0 Å². The Balaban J connectivity index is 6.11. The number of ether oxygens (including phenoxy) is 4. The van der Waals surface area contributed by atoms with Gasteiger partial charge in [0.2, 0.25) is 0 Å². The molecule has 0 aliphatic heterocycles. The number of hydrogen-bond acceptors (Lipinski definition) is 4. The average Bonchev–Trinajstić information content (AvgIpc) is 2.66. The monoisotopic (exact) mass is 536 g/mol. The molecule has 20 heteroatoms. The quantitative estimate of drug-likeness (QED) is 0.246. The molecule has 0 aromatic heterocycles. The van der Waals surface area contributed by atoms with Gasteiger partial charge in [-0.15, -0.1) is 0 Å². The maximum Gasteiger partial charge on any atom is 0.416 e. The first-order chi connectivity index (χ1) is 14.6. The molecule has 4 nitrogen and oxygen atoms in total. The summed E-state index contributed by atoms with van der Waals surface area (Å²) in [7, 11) is 0. The fraction of sp³-hybridized carbons (Fsp3) is 1.00. The summed E-state index contributed by atoms with van der Waals surface area (Å²) >= 11 is 0. The molecule has 0 fully saturated rings. The van der Waals surface area contributed by atoms with Gasteiger partial charge in [0.05, 0.1) is 31.8 Å². The number of hydrogen-bond donors (Lipinski definition) is 0. The summed E-state index contributed by atoms with van der Waals surface area (Å²) in [6, 6.07) is 0. The molecule has 0 spiro atoms. The van der Waals surface area contributed by atoms with Crippen molar-refractivity contribution in [3.63, 3.8) is 0 Å². The van der Waals surface area contributed by atoms with E-state index in [1.807, 2.05) is 0 Å². The third kappa shape index (κ3) is 9.85. The molecule has 0 aromatic carbocycles. The van der Waals surface area contributed by atoms with E-state index in [2.05, 4.69) is 18.9 Å². The zero-order chi connectivity index (χ0) is 26.5. The summed E-state index contributed by atoms with van der Waals surface area (Å²) in [6.45, 7) is -9.77. The van der Waals surface area contributed by atoms with Crippen molar-refractivity contribution in [1.82, 2.24) is 0 Å². The smallest absolute Gasteiger partial charge is 0.315 e. The Kier molecular flexibility index (Phi) is 11.0. The predicted octanol–water partition coefficient (Wildman–Crippen LogP) is 5.47. The van der Waals surface area contributed by atoms with Gasteiger partial charge in [-0.3, -0.25) is 0 Å². The molecule has 0 amide bonds. The number of rotatable bonds is 16. The predicted molar refractivity (Wildman–Crippen MR) is 70.0 cm³/mol. The maximum absolute atomic E-state index is 13.0. The van der Waals surface area contributed by atoms with Crippen LogP contribution in [0.2, 0.25) is 0 Å². The van der Waals surface area contributed by atoms with Crippen LogP contribution < -0.4 is 0 Å². The second-order valence-electron chi connectivity index (χ2n) is 6.10. The molecule has 0 N–H and O–H groups in total. The summed E-state index contributed by atoms with van der Waals surface area (Å²) < 4.78 is 214. The van der Waals surface area contributed by atoms with E-state index in [1.54, 1.807) is 0 Å². The largest absolute Gasteiger partial charge is 0.416 e. The summed E-state index contributed by atoms with van der Waals surface area (Å²) in [5.41, 5.74) is -3.67. The summed E-state index contributed by atoms with van der Waals surface area (Å²) in [5.74, 6) is 0. The Morgan fingerprint density at radius 2 is 0.515 bits per heavy atom. The summed E-state index contributed by atoms with van der Waals surface area (Å²) in [5, 5.41) is 0. The van der Waals surface area contributed by atoms with Crippen molar-refractivity contribution in [2.45, 2.75) is 50.1 Å². The third-order valence-corrected chi connectivity index (χ3v) is 3.30. The molecule has 0 heterocycles. The SMILES string of the molecule is FC(F)C(F)(F)OCC(COC(F)(F)C(F)F)(COC(F)(F)C(F)F)COC(F)(F)C(F)F. The van der Waals surface area contributed by atoms with E-state index in [0.717, 1.165) is 0 Å². The zero-order valence-corrected chi connectivity index (χ0v) is 15.3. The van der Waals surface area contributed by atoms with E-state index >= 15 is 0 Å². The molecule has 0 aliphatic carbocycles. The van der Waals surface area contributed by atoms with Crippen LogP contribution in [0.25, 0.3) is 0 Å². The highest BCUT2D eigenvalue weighted by Gasteiger charge is 2.53. The fourth-order valence-electron chi connectivity index (χ4n) is 1.50. The average molecular weight is 536 g/mol. The van der Waals surface area contributed by atoms with Crippen molar-refractivity contribution in [3.8, 4) is 0 Å². The molecule has 0 saturated carbocycles. The number of halogens is 16. The Morgan fingerprint density at radius 1 is 0.364 bits per heavy atom. The van der Waals surface area contributed by atoms with Gasteiger partial charge in [0, 0.05) is 0 Å². The van der Waals surface area contributed by atoms with E-state index in [1.165, 1.54) is 0 Å². The van der Waals surface area contributed by atoms with Crippen LogP contribution >= 0.6 is 0 Å². The minimum absolute atomic E-state index is 2.44. The summed E-state index contributed by atoms with van der Waals surface area (Å²) in [4.78, 5) is 0. The Hall–Kier alpha value is -1.28. The second kappa shape index (κ2) is 11.4. The molecular formula is C13H12F16O4. The highest BCUT2D eigenvalue weighted by Crippen LogP contribution is 2.36. The van der Waals surface area contributed by atoms with E-state index in [0.29, 0.717) is 0 Å². The Bertz CT molecular complexity index is 483. The van der Waals surface area contributed by atoms with Gasteiger partial charge >= 0.3 is 50.1 Å². The first-order valence-corrected chi connectivity index (χ1v) is 7.80. The zero-order valence-electron chi connectivity index (χ0n) is 15.3. The first kappa shape index (κ1) is 31.7. The van der Waals surface area contributed by atoms with E-state index in [9.17, 15) is 70.2 Å². The number of alkyl halides is 16. The van der Waals surface area contributed by atoms with Gasteiger partial charge in [0.25, 0.3) is 0 Å². The van der Waals surface area contributed by atoms with Crippen LogP contribution in [0.1, 0.15) is 0 Å². The van der Waals surface area contributed by atoms with Crippen LogP contribution in [0.15, 0.2) is 0 Å². The molecule has 0 aliphatic rings. The topological polar surface area (TPSA) is 36.9 Å². The Labute approximate surface area is 172 Å². The first-order valence-electron chi connectivity index (χ1n) is 7.80. The van der Waals surface area contributed by atoms with E-state index in [4.69, 9.17) is 0 Å². The van der Waals surface area contributed by atoms with Crippen molar-refractivity contribution < 1.29 is 89.2 Å². The van der Waals surface area contributed by atoms with Crippen LogP contribution in [0.3, 0.4) is 0 Å². The van der Waals surface area contributed by atoms with Gasteiger partial charge in [-0.1, -0.05) is 0 Å². The molecule has 0 unspecified atom stereocenters. The Morgan fingerprint density at radius 3 is 0.636 bits per heavy atom. The van der Waals surface area contributed by atoms with E-state index < -0.39 is 82.0 Å². The molecule has 0 aromatic rings. The van der Waals surface area contributed by atoms with Gasteiger partial charge in [-0.2, -0.15) is 35.1 Å². The van der Waals surface area contributed by atoms with Crippen LogP contribution in [-0.2, 0) is 18.9 Å². The summed E-state index contributed by atoms with van der Waals surface area (Å²) in [6.07, 6.45) is -41.3. The van der Waals surface area contributed by atoms with Crippen LogP contribution in [0, 0.1) is 5.41 Å². The van der Waals surface area contributed by atoms with Crippen molar-refractivity contribution in [3.05, 3.63) is 0 Å². The molecule has 0 radical (unpaired) electrons. The van der Waals surface area contributed by atoms with Crippen LogP contribution in [-0.4, -0.2) is 76.6 Å². The molecule has 0 saturated heterocycles. The van der Waals surface area contributed by atoms with Gasteiger partial charge in [-0.25, -0.2) is 35.1 Å². The van der Waals surface area contributed by atoms with Crippen molar-refractivity contribution >= 4 is 0 Å². The second-order valence-corrected chi connectivity index (χ2v) is 6.10. The minimum atomic E-state index is -5.59. The van der Waals surface area contributed by atoms with Crippen molar-refractivity contribution in [1.29, 1.82) is 0 Å². The maximum atomic E-state index is 13.0. The lowest BCUT2D eigenvalue weighted by Gasteiger charge is -2.36. The van der Waals surface area contributed by atoms with E-state index in [-0.39, 0.29) is 0 Å². The highest BCUT2D eigenvalue weighted by molar-refractivity contribution is 4.83. The molecule has 0 atom stereocenters. The van der Waals surface area contributed by atoms with Crippen molar-refractivity contribution in [2.24, 2.45) is 5.41 Å². The standard InChI is InChI=1S/C13H12F16O4/c14-5(15)10(22,23)30-1-9(2-31-11(24,25)6(16)17,3-32-12(26,27)7(18)19)4-33-13(28,29)8(20)21/h5-8H,1-4H2. The molecule has 0 rings (SSSR count).